The number of aromatic nitrogens is 2. The van der Waals surface area contributed by atoms with Crippen molar-refractivity contribution in [3.05, 3.63) is 40.6 Å². The van der Waals surface area contributed by atoms with Gasteiger partial charge in [-0.15, -0.1) is 0 Å². The lowest BCUT2D eigenvalue weighted by molar-refractivity contribution is 0.103. The highest BCUT2D eigenvalue weighted by Crippen LogP contribution is 2.40. The minimum atomic E-state index is -3.97. The fraction of sp³-hybridized carbons (Fsp3) is 0.565. The van der Waals surface area contributed by atoms with Gasteiger partial charge in [-0.1, -0.05) is 13.8 Å². The molecule has 37 heavy (non-hydrogen) atoms. The fourth-order valence-corrected chi connectivity index (χ4v) is 8.57. The van der Waals surface area contributed by atoms with Crippen LogP contribution in [0.3, 0.4) is 0 Å². The number of hydrogen-bond donors (Lipinski definition) is 0. The molecule has 1 aliphatic rings. The third-order valence-electron chi connectivity index (χ3n) is 6.38. The first-order valence-electron chi connectivity index (χ1n) is 12.0. The molecule has 2 heterocycles. The summed E-state index contributed by atoms with van der Waals surface area (Å²) >= 11 is 0. The summed E-state index contributed by atoms with van der Waals surface area (Å²) in [7, 11) is -9.91. The van der Waals surface area contributed by atoms with Gasteiger partial charge in [-0.05, 0) is 56.4 Å². The van der Waals surface area contributed by atoms with E-state index in [2.05, 4.69) is 5.10 Å². The van der Waals surface area contributed by atoms with Crippen LogP contribution in [0.15, 0.2) is 23.2 Å². The summed E-state index contributed by atoms with van der Waals surface area (Å²) in [5.74, 6) is -1.39. The Bertz CT molecular complexity index is 1510. The van der Waals surface area contributed by atoms with E-state index in [1.165, 1.54) is 34.4 Å². The second-order valence-electron chi connectivity index (χ2n) is 8.96. The van der Waals surface area contributed by atoms with Gasteiger partial charge >= 0.3 is 10.1 Å². The van der Waals surface area contributed by atoms with Crippen molar-refractivity contribution in [2.75, 3.05) is 24.3 Å². The number of fused-ring (bicyclic) bond motifs is 1. The van der Waals surface area contributed by atoms with Gasteiger partial charge in [-0.3, -0.25) is 4.79 Å². The van der Waals surface area contributed by atoms with Crippen LogP contribution >= 0.6 is 0 Å². The summed E-state index contributed by atoms with van der Waals surface area (Å²) in [4.78, 5) is 13.7. The van der Waals surface area contributed by atoms with Crippen LogP contribution in [0.1, 0.15) is 73.1 Å². The lowest BCUT2D eigenvalue weighted by Gasteiger charge is -2.34. The summed E-state index contributed by atoms with van der Waals surface area (Å²) < 4.78 is 83.9. The monoisotopic (exact) mass is 575 g/mol. The molecule has 1 aromatic heterocycles. The van der Waals surface area contributed by atoms with Crippen molar-refractivity contribution in [1.82, 2.24) is 14.1 Å². The third-order valence-corrected chi connectivity index (χ3v) is 11.6. The van der Waals surface area contributed by atoms with E-state index in [1.54, 1.807) is 27.7 Å². The number of benzene rings is 1. The maximum atomic E-state index is 13.7. The molecule has 1 aromatic carbocycles. The molecule has 1 aliphatic heterocycles. The number of rotatable bonds is 11. The van der Waals surface area contributed by atoms with E-state index in [-0.39, 0.29) is 57.7 Å². The lowest BCUT2D eigenvalue weighted by Crippen LogP contribution is -2.37. The maximum Gasteiger partial charge on any atom is 0.310 e. The molecule has 0 N–H and O–H groups in total. The highest BCUT2D eigenvalue weighted by atomic mass is 32.2. The summed E-state index contributed by atoms with van der Waals surface area (Å²) in [5.41, 5.74) is 0.575. The normalized spacial score (nSPS) is 17.5. The summed E-state index contributed by atoms with van der Waals surface area (Å²) in [5, 5.41) is 4.08. The molecule has 0 saturated heterocycles. The second kappa shape index (κ2) is 10.8. The number of sulfone groups is 1. The molecule has 1 atom stereocenters. The number of sulfonamides is 1. The van der Waals surface area contributed by atoms with E-state index >= 15 is 0 Å². The molecule has 0 fully saturated rings. The van der Waals surface area contributed by atoms with E-state index in [1.807, 2.05) is 0 Å². The maximum absolute atomic E-state index is 13.7. The molecular weight excluding hydrogens is 542 g/mol. The third kappa shape index (κ3) is 5.76. The Morgan fingerprint density at radius 1 is 1.11 bits per heavy atom. The van der Waals surface area contributed by atoms with Crippen molar-refractivity contribution < 1.29 is 34.2 Å². The van der Waals surface area contributed by atoms with E-state index < -0.39 is 41.8 Å². The van der Waals surface area contributed by atoms with Crippen LogP contribution < -0.4 is 4.18 Å². The Balaban J connectivity index is 2.17. The van der Waals surface area contributed by atoms with E-state index in [4.69, 9.17) is 4.18 Å². The molecule has 1 unspecified atom stereocenters. The Labute approximate surface area is 218 Å². The van der Waals surface area contributed by atoms with Gasteiger partial charge in [0.25, 0.3) is 0 Å². The number of hydrogen-bond acceptors (Lipinski definition) is 9. The van der Waals surface area contributed by atoms with Crippen LogP contribution in [-0.2, 0) is 36.5 Å². The van der Waals surface area contributed by atoms with Gasteiger partial charge < -0.3 is 4.18 Å². The number of ketones is 1. The summed E-state index contributed by atoms with van der Waals surface area (Å²) in [6.07, 6.45) is 1.98. The predicted molar refractivity (Wildman–Crippen MR) is 138 cm³/mol. The topological polar surface area (TPSA) is 150 Å². The van der Waals surface area contributed by atoms with Crippen LogP contribution in [0.4, 0.5) is 0 Å². The van der Waals surface area contributed by atoms with Crippen molar-refractivity contribution >= 4 is 35.8 Å². The zero-order valence-electron chi connectivity index (χ0n) is 21.6. The zero-order chi connectivity index (χ0) is 27.8. The average molecular weight is 576 g/mol. The number of nitrogens with zero attached hydrogens (tertiary/aromatic N) is 3. The van der Waals surface area contributed by atoms with E-state index in [0.29, 0.717) is 18.4 Å². The molecule has 14 heteroatoms. The van der Waals surface area contributed by atoms with Crippen LogP contribution in [0.5, 0.6) is 5.88 Å². The quantitative estimate of drug-likeness (QED) is 0.291. The second-order valence-corrected chi connectivity index (χ2v) is 14.9. The zero-order valence-corrected chi connectivity index (χ0v) is 24.0. The highest BCUT2D eigenvalue weighted by molar-refractivity contribution is 7.91. The van der Waals surface area contributed by atoms with E-state index in [9.17, 15) is 30.0 Å². The largest absolute Gasteiger partial charge is 0.361 e. The Kier molecular flexibility index (Phi) is 8.57. The highest BCUT2D eigenvalue weighted by Gasteiger charge is 2.39. The molecular formula is C23H33N3O8S3. The Hall–Kier alpha value is -2.29. The molecule has 0 radical (unpaired) electrons. The van der Waals surface area contributed by atoms with E-state index in [0.717, 1.165) is 0 Å². The lowest BCUT2D eigenvalue weighted by atomic mass is 9.91. The Morgan fingerprint density at radius 2 is 1.76 bits per heavy atom. The Morgan fingerprint density at radius 3 is 2.35 bits per heavy atom. The van der Waals surface area contributed by atoms with Gasteiger partial charge in [-0.2, -0.15) is 17.8 Å². The first kappa shape index (κ1) is 29.3. The van der Waals surface area contributed by atoms with Gasteiger partial charge in [0.2, 0.25) is 15.9 Å². The van der Waals surface area contributed by atoms with Crippen molar-refractivity contribution in [3.63, 3.8) is 0 Å². The molecule has 0 aliphatic carbocycles. The van der Waals surface area contributed by atoms with Crippen LogP contribution in [0.25, 0.3) is 0 Å². The SMILES string of the molecule is CCCS(=O)(=O)Oc1c(C(=O)c2ccc3c(c2C)C(N(C)S(=O)(=O)CCC)CCS3(=O)=O)cnn1CC. The van der Waals surface area contributed by atoms with Crippen molar-refractivity contribution in [2.24, 2.45) is 0 Å². The fourth-order valence-electron chi connectivity index (χ4n) is 4.52. The molecule has 3 rings (SSSR count). The van der Waals surface area contributed by atoms with Gasteiger partial charge in [0.15, 0.2) is 15.6 Å². The smallest absolute Gasteiger partial charge is 0.310 e. The van der Waals surface area contributed by atoms with Crippen LogP contribution in [0, 0.1) is 6.92 Å². The van der Waals surface area contributed by atoms with Crippen molar-refractivity contribution in [2.45, 2.75) is 64.4 Å². The molecule has 0 saturated carbocycles. The first-order valence-corrected chi connectivity index (χ1v) is 16.9. The van der Waals surface area contributed by atoms with Crippen LogP contribution in [-0.4, -0.2) is 69.4 Å². The van der Waals surface area contributed by atoms with Gasteiger partial charge in [-0.25, -0.2) is 21.5 Å². The number of carbonyl (C=O) groups excluding carboxylic acids is 1. The average Bonchev–Trinajstić information content (AvgIpc) is 3.20. The molecule has 0 amide bonds. The minimum absolute atomic E-state index is 0.0115. The molecule has 0 spiro atoms. The standard InChI is InChI=1S/C23H33N3O8S3/c1-6-12-36(30,31)25(5)19-11-14-35(28,29)20-10-9-17(16(4)21(19)20)22(27)18-15-24-26(8-3)23(18)34-37(32,33)13-7-2/h9-10,15,19H,6-8,11-14H2,1-5H3. The molecule has 0 bridgehead atoms. The summed E-state index contributed by atoms with van der Waals surface area (Å²) in [6.45, 7) is 6.95. The first-order chi connectivity index (χ1) is 17.2. The molecule has 11 nitrogen and oxygen atoms in total. The van der Waals surface area contributed by atoms with Gasteiger partial charge in [0.05, 0.1) is 34.4 Å². The van der Waals surface area contributed by atoms with Gasteiger partial charge in [0.1, 0.15) is 5.56 Å². The van der Waals surface area contributed by atoms with Crippen molar-refractivity contribution in [1.29, 1.82) is 0 Å². The number of carbonyl (C=O) groups is 1. The molecule has 206 valence electrons. The molecule has 2 aromatic rings. The predicted octanol–water partition coefficient (Wildman–Crippen LogP) is 2.45. The number of aryl methyl sites for hydroxylation is 1. The van der Waals surface area contributed by atoms with Crippen molar-refractivity contribution in [3.8, 4) is 5.88 Å². The van der Waals surface area contributed by atoms with Crippen LogP contribution in [0.2, 0.25) is 0 Å². The van der Waals surface area contributed by atoms with Gasteiger partial charge in [0, 0.05) is 19.2 Å². The summed E-state index contributed by atoms with van der Waals surface area (Å²) in [6, 6.07) is 1.91. The minimum Gasteiger partial charge on any atom is -0.361 e.